The molecule has 0 spiro atoms. The third-order valence-corrected chi connectivity index (χ3v) is 7.25. The molecule has 0 bridgehead atoms. The average molecular weight is 584 g/mol. The normalized spacial score (nSPS) is 11.8. The van der Waals surface area contributed by atoms with E-state index >= 15 is 0 Å². The zero-order chi connectivity index (χ0) is 29.8. The van der Waals surface area contributed by atoms with E-state index in [1.54, 1.807) is 59.0 Å². The van der Waals surface area contributed by atoms with Gasteiger partial charge < -0.3 is 15.2 Å². The fraction of sp³-hybridized carbons (Fsp3) is 0.194. The first-order valence-corrected chi connectivity index (χ1v) is 13.8. The molecule has 5 rings (SSSR count). The highest BCUT2D eigenvalue weighted by atomic mass is 35.5. The summed E-state index contributed by atoms with van der Waals surface area (Å²) < 4.78 is 4.81. The molecule has 0 saturated heterocycles. The second-order valence-electron chi connectivity index (χ2n) is 10.1. The van der Waals surface area contributed by atoms with Gasteiger partial charge >= 0.3 is 0 Å². The monoisotopic (exact) mass is 583 g/mol. The molecule has 0 radical (unpaired) electrons. The van der Waals surface area contributed by atoms with Gasteiger partial charge in [-0.3, -0.25) is 19.1 Å². The zero-order valence-electron chi connectivity index (χ0n) is 23.4. The topological polar surface area (TPSA) is 116 Å². The number of rotatable bonds is 9. The van der Waals surface area contributed by atoms with E-state index in [1.807, 2.05) is 50.4 Å². The molecular weight excluding hydrogens is 554 g/mol. The van der Waals surface area contributed by atoms with E-state index < -0.39 is 17.9 Å². The summed E-state index contributed by atoms with van der Waals surface area (Å²) in [7, 11) is 1.65. The maximum atomic E-state index is 13.6. The second kappa shape index (κ2) is 12.3. The first-order chi connectivity index (χ1) is 20.2. The molecule has 0 fully saturated rings. The van der Waals surface area contributed by atoms with E-state index in [-0.39, 0.29) is 18.0 Å². The van der Waals surface area contributed by atoms with Crippen molar-refractivity contribution in [1.29, 1.82) is 0 Å². The van der Waals surface area contributed by atoms with Gasteiger partial charge in [0.2, 0.25) is 5.91 Å². The number of nitrogens with zero attached hydrogens (tertiary/aromatic N) is 5. The van der Waals surface area contributed by atoms with Crippen LogP contribution in [-0.4, -0.2) is 42.0 Å². The number of benzene rings is 2. The number of carbonyl (C=O) groups is 2. The lowest BCUT2D eigenvalue weighted by molar-refractivity contribution is -0.118. The number of carbonyl (C=O) groups excluding carboxylic acids is 2. The van der Waals surface area contributed by atoms with Crippen LogP contribution in [0, 0.1) is 0 Å². The van der Waals surface area contributed by atoms with Crippen molar-refractivity contribution in [3.63, 3.8) is 0 Å². The fourth-order valence-corrected chi connectivity index (χ4v) is 4.79. The highest BCUT2D eigenvalue weighted by molar-refractivity contribution is 6.31. The lowest BCUT2D eigenvalue weighted by atomic mass is 9.99. The number of amides is 2. The molecule has 0 aliphatic carbocycles. The van der Waals surface area contributed by atoms with Crippen LogP contribution in [0.25, 0.3) is 16.8 Å². The molecule has 0 aliphatic rings. The Balaban J connectivity index is 1.43. The van der Waals surface area contributed by atoms with E-state index in [2.05, 4.69) is 20.8 Å². The number of nitrogens with one attached hydrogen (secondary N) is 2. The van der Waals surface area contributed by atoms with Crippen LogP contribution in [0.2, 0.25) is 5.02 Å². The van der Waals surface area contributed by atoms with Crippen LogP contribution in [0.3, 0.4) is 0 Å². The molecule has 2 N–H and O–H groups in total. The Hall–Kier alpha value is -4.96. The van der Waals surface area contributed by atoms with Crippen molar-refractivity contribution in [1.82, 2.24) is 29.4 Å². The minimum Gasteiger partial charge on any atom is -0.339 e. The van der Waals surface area contributed by atoms with E-state index in [4.69, 9.17) is 11.6 Å². The van der Waals surface area contributed by atoms with Gasteiger partial charge in [0.05, 0.1) is 5.69 Å². The summed E-state index contributed by atoms with van der Waals surface area (Å²) >= 11 is 6.61. The second-order valence-corrected chi connectivity index (χ2v) is 10.5. The third-order valence-electron chi connectivity index (χ3n) is 6.88. The number of pyridine rings is 1. The number of aromatic nitrogens is 5. The van der Waals surface area contributed by atoms with Crippen molar-refractivity contribution in [2.75, 3.05) is 5.32 Å². The van der Waals surface area contributed by atoms with Gasteiger partial charge in [-0.1, -0.05) is 17.7 Å². The highest BCUT2D eigenvalue weighted by Crippen LogP contribution is 2.27. The van der Waals surface area contributed by atoms with Gasteiger partial charge in [0.15, 0.2) is 0 Å². The van der Waals surface area contributed by atoms with Crippen molar-refractivity contribution < 1.29 is 9.59 Å². The molecule has 1 atom stereocenters. The molecule has 3 aromatic heterocycles. The lowest BCUT2D eigenvalue weighted by Crippen LogP contribution is -2.45. The predicted molar refractivity (Wildman–Crippen MR) is 162 cm³/mol. The van der Waals surface area contributed by atoms with Crippen molar-refractivity contribution in [3.05, 3.63) is 118 Å². The van der Waals surface area contributed by atoms with Gasteiger partial charge in [-0.15, -0.1) is 0 Å². The minimum atomic E-state index is -0.962. The van der Waals surface area contributed by atoms with Crippen LogP contribution in [0.5, 0.6) is 0 Å². The molecule has 42 heavy (non-hydrogen) atoms. The lowest BCUT2D eigenvalue weighted by Gasteiger charge is -2.20. The number of halogens is 1. The van der Waals surface area contributed by atoms with Crippen LogP contribution >= 0.6 is 11.6 Å². The Morgan fingerprint density at radius 3 is 2.38 bits per heavy atom. The molecule has 0 aliphatic heterocycles. The molecule has 214 valence electrons. The molecule has 11 heteroatoms. The summed E-state index contributed by atoms with van der Waals surface area (Å²) in [5.41, 5.74) is 3.95. The number of anilines is 1. The van der Waals surface area contributed by atoms with E-state index in [0.29, 0.717) is 22.0 Å². The van der Waals surface area contributed by atoms with Crippen LogP contribution < -0.4 is 16.2 Å². The highest BCUT2D eigenvalue weighted by Gasteiger charge is 2.25. The number of aryl methyl sites for hydroxylation is 1. The Morgan fingerprint density at radius 2 is 1.71 bits per heavy atom. The molecule has 2 aromatic carbocycles. The summed E-state index contributed by atoms with van der Waals surface area (Å²) in [6, 6.07) is 18.4. The van der Waals surface area contributed by atoms with E-state index in [9.17, 15) is 14.4 Å². The molecule has 3 heterocycles. The van der Waals surface area contributed by atoms with Crippen molar-refractivity contribution >= 4 is 29.1 Å². The largest absolute Gasteiger partial charge is 0.339 e. The van der Waals surface area contributed by atoms with Crippen LogP contribution in [0.15, 0.2) is 96.3 Å². The first-order valence-electron chi connectivity index (χ1n) is 13.4. The van der Waals surface area contributed by atoms with E-state index in [1.165, 1.54) is 16.9 Å². The SMILES string of the molecule is CC(C)n1cc(-c2ccc(Cl)c(CC(NC(=O)c3ccnn3C)C(=O)Nc3ccc(-n4cccn4)cc3)c2)ccc1=O. The van der Waals surface area contributed by atoms with E-state index in [0.717, 1.165) is 16.8 Å². The molecule has 0 saturated carbocycles. The Labute approximate surface area is 247 Å². The molecule has 1 unspecified atom stereocenters. The Kier molecular flexibility index (Phi) is 8.35. The van der Waals surface area contributed by atoms with Crippen molar-refractivity contribution in [2.24, 2.45) is 7.05 Å². The minimum absolute atomic E-state index is 0.00637. The quantitative estimate of drug-likeness (QED) is 0.262. The maximum Gasteiger partial charge on any atom is 0.270 e. The van der Waals surface area contributed by atoms with Gasteiger partial charge in [0.25, 0.3) is 11.5 Å². The van der Waals surface area contributed by atoms with Crippen molar-refractivity contribution in [2.45, 2.75) is 32.4 Å². The number of hydrogen-bond donors (Lipinski definition) is 2. The number of hydrogen-bond acceptors (Lipinski definition) is 5. The van der Waals surface area contributed by atoms with Crippen LogP contribution in [0.4, 0.5) is 5.69 Å². The van der Waals surface area contributed by atoms with Crippen LogP contribution in [0.1, 0.15) is 35.9 Å². The Bertz CT molecular complexity index is 1770. The standard InChI is InChI=1S/C31H30ClN7O3/c1-20(2)38-19-22(6-12-29(38)40)21-5-11-26(32)23(17-21)18-27(36-31(42)28-13-15-33-37(28)3)30(41)35-24-7-9-25(10-8-24)39-16-4-14-34-39/h4-17,19-20,27H,18H2,1-3H3,(H,35,41)(H,36,42). The predicted octanol–water partition coefficient (Wildman–Crippen LogP) is 4.65. The summed E-state index contributed by atoms with van der Waals surface area (Å²) in [6.07, 6.45) is 6.96. The fourth-order valence-electron chi connectivity index (χ4n) is 4.60. The summed E-state index contributed by atoms with van der Waals surface area (Å²) in [6.45, 7) is 3.88. The summed E-state index contributed by atoms with van der Waals surface area (Å²) in [5, 5.41) is 14.5. The maximum absolute atomic E-state index is 13.6. The van der Waals surface area contributed by atoms with Gasteiger partial charge in [-0.25, -0.2) is 4.68 Å². The van der Waals surface area contributed by atoms with Gasteiger partial charge in [-0.2, -0.15) is 10.2 Å². The smallest absolute Gasteiger partial charge is 0.270 e. The van der Waals surface area contributed by atoms with Crippen molar-refractivity contribution in [3.8, 4) is 16.8 Å². The van der Waals surface area contributed by atoms with Crippen LogP contribution in [-0.2, 0) is 18.3 Å². The van der Waals surface area contributed by atoms with Gasteiger partial charge in [-0.05, 0) is 85.1 Å². The average Bonchev–Trinajstić information content (AvgIpc) is 3.66. The van der Waals surface area contributed by atoms with Gasteiger partial charge in [0.1, 0.15) is 11.7 Å². The first kappa shape index (κ1) is 28.6. The van der Waals surface area contributed by atoms with Gasteiger partial charge in [0, 0.05) is 61.1 Å². The Morgan fingerprint density at radius 1 is 0.952 bits per heavy atom. The molecular formula is C31H30ClN7O3. The molecule has 2 amide bonds. The molecule has 5 aromatic rings. The third kappa shape index (κ3) is 6.34. The summed E-state index contributed by atoms with van der Waals surface area (Å²) in [5.74, 6) is -0.854. The molecule has 10 nitrogen and oxygen atoms in total. The summed E-state index contributed by atoms with van der Waals surface area (Å²) in [4.78, 5) is 39.0. The zero-order valence-corrected chi connectivity index (χ0v) is 24.1.